The van der Waals surface area contributed by atoms with Crippen LogP contribution in [0.4, 0.5) is 4.39 Å². The van der Waals surface area contributed by atoms with E-state index in [1.165, 1.54) is 21.2 Å². The molecule has 0 radical (unpaired) electrons. The van der Waals surface area contributed by atoms with Crippen LogP contribution < -0.4 is 5.32 Å². The normalized spacial score (nSPS) is 11.1. The van der Waals surface area contributed by atoms with Crippen molar-refractivity contribution in [3.63, 3.8) is 0 Å². The molecule has 0 aliphatic carbocycles. The van der Waals surface area contributed by atoms with E-state index in [1.54, 1.807) is 17.4 Å². The first-order chi connectivity index (χ1) is 7.22. The molecule has 1 aromatic heterocycles. The van der Waals surface area contributed by atoms with E-state index in [0.717, 1.165) is 18.5 Å². The van der Waals surface area contributed by atoms with Gasteiger partial charge in [0.2, 0.25) is 0 Å². The Morgan fingerprint density at radius 1 is 1.40 bits per heavy atom. The fourth-order valence-corrected chi connectivity index (χ4v) is 2.81. The lowest BCUT2D eigenvalue weighted by molar-refractivity contribution is 0.630. The molecule has 1 N–H and O–H groups in total. The summed E-state index contributed by atoms with van der Waals surface area (Å²) < 4.78 is 14.2. The average molecular weight is 223 g/mol. The fraction of sp³-hybridized carbons (Fsp3) is 0.333. The van der Waals surface area contributed by atoms with Crippen molar-refractivity contribution in [2.75, 3.05) is 6.54 Å². The minimum absolute atomic E-state index is 0.154. The highest BCUT2D eigenvalue weighted by atomic mass is 32.1. The maximum Gasteiger partial charge on any atom is 0.123 e. The van der Waals surface area contributed by atoms with E-state index in [0.29, 0.717) is 0 Å². The van der Waals surface area contributed by atoms with Gasteiger partial charge in [-0.15, -0.1) is 11.3 Å². The van der Waals surface area contributed by atoms with E-state index >= 15 is 0 Å². The molecule has 2 aromatic rings. The average Bonchev–Trinajstić information content (AvgIpc) is 2.53. The molecule has 80 valence electrons. The van der Waals surface area contributed by atoms with Crippen LogP contribution >= 0.6 is 11.3 Å². The third kappa shape index (κ3) is 2.03. The van der Waals surface area contributed by atoms with Gasteiger partial charge >= 0.3 is 0 Å². The minimum Gasteiger partial charge on any atom is -0.312 e. The van der Waals surface area contributed by atoms with Crippen molar-refractivity contribution >= 4 is 21.4 Å². The summed E-state index contributed by atoms with van der Waals surface area (Å²) in [6.07, 6.45) is 0. The molecule has 0 aliphatic heterocycles. The lowest BCUT2D eigenvalue weighted by Crippen LogP contribution is -2.11. The summed E-state index contributed by atoms with van der Waals surface area (Å²) in [6, 6.07) is 5.00. The number of hydrogen-bond acceptors (Lipinski definition) is 2. The minimum atomic E-state index is -0.154. The third-order valence-electron chi connectivity index (χ3n) is 2.53. The molecule has 1 nitrogen and oxygen atoms in total. The van der Waals surface area contributed by atoms with Gasteiger partial charge in [0.25, 0.3) is 0 Å². The summed E-state index contributed by atoms with van der Waals surface area (Å²) in [7, 11) is 0. The molecule has 1 aromatic carbocycles. The number of nitrogens with one attached hydrogen (secondary N) is 1. The third-order valence-corrected chi connectivity index (χ3v) is 3.81. The van der Waals surface area contributed by atoms with E-state index in [4.69, 9.17) is 0 Å². The molecule has 15 heavy (non-hydrogen) atoms. The summed E-state index contributed by atoms with van der Waals surface area (Å²) in [5.74, 6) is -0.154. The first-order valence-corrected chi connectivity index (χ1v) is 5.92. The van der Waals surface area contributed by atoms with Gasteiger partial charge in [0, 0.05) is 16.1 Å². The van der Waals surface area contributed by atoms with Gasteiger partial charge in [-0.1, -0.05) is 6.92 Å². The van der Waals surface area contributed by atoms with Crippen LogP contribution in [0.1, 0.15) is 17.4 Å². The molecule has 0 unspecified atom stereocenters. The van der Waals surface area contributed by atoms with Gasteiger partial charge in [-0.25, -0.2) is 4.39 Å². The highest BCUT2D eigenvalue weighted by Crippen LogP contribution is 2.31. The Morgan fingerprint density at radius 3 is 2.93 bits per heavy atom. The van der Waals surface area contributed by atoms with E-state index in [-0.39, 0.29) is 5.82 Å². The maximum absolute atomic E-state index is 13.1. The smallest absolute Gasteiger partial charge is 0.123 e. The second kappa shape index (κ2) is 4.29. The van der Waals surface area contributed by atoms with Crippen molar-refractivity contribution in [1.82, 2.24) is 5.32 Å². The molecule has 0 atom stereocenters. The number of halogens is 1. The van der Waals surface area contributed by atoms with E-state index in [9.17, 15) is 4.39 Å². The van der Waals surface area contributed by atoms with Crippen LogP contribution in [0.2, 0.25) is 0 Å². The topological polar surface area (TPSA) is 12.0 Å². The van der Waals surface area contributed by atoms with Crippen molar-refractivity contribution in [2.45, 2.75) is 20.4 Å². The van der Waals surface area contributed by atoms with Crippen LogP contribution in [0.25, 0.3) is 10.1 Å². The van der Waals surface area contributed by atoms with Crippen molar-refractivity contribution in [3.05, 3.63) is 34.5 Å². The predicted octanol–water partition coefficient (Wildman–Crippen LogP) is 3.46. The van der Waals surface area contributed by atoms with Crippen LogP contribution in [-0.4, -0.2) is 6.54 Å². The lowest BCUT2D eigenvalue weighted by atomic mass is 10.1. The summed E-state index contributed by atoms with van der Waals surface area (Å²) in [6.45, 7) is 5.98. The Morgan fingerprint density at radius 2 is 2.20 bits per heavy atom. The molecule has 0 aliphatic rings. The van der Waals surface area contributed by atoms with Crippen molar-refractivity contribution in [2.24, 2.45) is 0 Å². The van der Waals surface area contributed by atoms with Crippen LogP contribution in [0, 0.1) is 12.7 Å². The van der Waals surface area contributed by atoms with Gasteiger partial charge in [0.05, 0.1) is 0 Å². The number of thiophene rings is 1. The standard InChI is InChI=1S/C12H14FNS/c1-3-14-7-12-8(2)10-6-9(13)4-5-11(10)15-12/h4-6,14H,3,7H2,1-2H3. The van der Waals surface area contributed by atoms with Crippen LogP contribution in [-0.2, 0) is 6.54 Å². The van der Waals surface area contributed by atoms with Crippen LogP contribution in [0.3, 0.4) is 0 Å². The molecule has 0 saturated carbocycles. The van der Waals surface area contributed by atoms with Gasteiger partial charge in [-0.3, -0.25) is 0 Å². The zero-order valence-electron chi connectivity index (χ0n) is 8.93. The molecular formula is C12H14FNS. The van der Waals surface area contributed by atoms with E-state index < -0.39 is 0 Å². The van der Waals surface area contributed by atoms with Crippen molar-refractivity contribution in [1.29, 1.82) is 0 Å². The summed E-state index contributed by atoms with van der Waals surface area (Å²) in [4.78, 5) is 1.30. The van der Waals surface area contributed by atoms with Gasteiger partial charge in [-0.2, -0.15) is 0 Å². The molecule has 1 heterocycles. The molecular weight excluding hydrogens is 209 g/mol. The van der Waals surface area contributed by atoms with E-state index in [1.807, 2.05) is 6.07 Å². The second-order valence-corrected chi connectivity index (χ2v) is 4.71. The van der Waals surface area contributed by atoms with Gasteiger partial charge in [0.15, 0.2) is 0 Å². The maximum atomic E-state index is 13.1. The number of fused-ring (bicyclic) bond motifs is 1. The van der Waals surface area contributed by atoms with Crippen LogP contribution in [0.5, 0.6) is 0 Å². The van der Waals surface area contributed by atoms with Crippen LogP contribution in [0.15, 0.2) is 18.2 Å². The number of benzene rings is 1. The SMILES string of the molecule is CCNCc1sc2ccc(F)cc2c1C. The van der Waals surface area contributed by atoms with Gasteiger partial charge in [-0.05, 0) is 42.6 Å². The molecule has 0 bridgehead atoms. The first-order valence-electron chi connectivity index (χ1n) is 5.10. The van der Waals surface area contributed by atoms with Crippen molar-refractivity contribution in [3.8, 4) is 0 Å². The fourth-order valence-electron chi connectivity index (χ4n) is 1.65. The number of hydrogen-bond donors (Lipinski definition) is 1. The van der Waals surface area contributed by atoms with Gasteiger partial charge < -0.3 is 5.32 Å². The monoisotopic (exact) mass is 223 g/mol. The molecule has 0 fully saturated rings. The summed E-state index contributed by atoms with van der Waals surface area (Å²) >= 11 is 1.74. The number of rotatable bonds is 3. The zero-order chi connectivity index (χ0) is 10.8. The molecule has 3 heteroatoms. The molecule has 0 spiro atoms. The summed E-state index contributed by atoms with van der Waals surface area (Å²) in [5.41, 5.74) is 1.20. The number of aryl methyl sites for hydroxylation is 1. The Hall–Kier alpha value is -0.930. The molecule has 0 saturated heterocycles. The lowest BCUT2D eigenvalue weighted by Gasteiger charge is -1.99. The first kappa shape index (κ1) is 10.6. The molecule has 2 rings (SSSR count). The Labute approximate surface area is 92.9 Å². The highest BCUT2D eigenvalue weighted by molar-refractivity contribution is 7.19. The van der Waals surface area contributed by atoms with Crippen molar-refractivity contribution < 1.29 is 4.39 Å². The Kier molecular flexibility index (Phi) is 3.03. The second-order valence-electron chi connectivity index (χ2n) is 3.57. The highest BCUT2D eigenvalue weighted by Gasteiger charge is 2.08. The quantitative estimate of drug-likeness (QED) is 0.840. The molecule has 0 amide bonds. The largest absolute Gasteiger partial charge is 0.312 e. The Balaban J connectivity index is 2.45. The summed E-state index contributed by atoms with van der Waals surface area (Å²) in [5, 5.41) is 4.35. The predicted molar refractivity (Wildman–Crippen MR) is 63.9 cm³/mol. The Bertz CT molecular complexity index is 476. The van der Waals surface area contributed by atoms with E-state index in [2.05, 4.69) is 19.2 Å². The zero-order valence-corrected chi connectivity index (χ0v) is 9.75. The van der Waals surface area contributed by atoms with Gasteiger partial charge in [0.1, 0.15) is 5.82 Å².